The van der Waals surface area contributed by atoms with Crippen LogP contribution in [0.4, 0.5) is 0 Å². The summed E-state index contributed by atoms with van der Waals surface area (Å²) < 4.78 is 0. The first-order chi connectivity index (χ1) is 11.2. The van der Waals surface area contributed by atoms with Crippen molar-refractivity contribution in [3.8, 4) is 0 Å². The maximum atomic E-state index is 11.0. The maximum absolute atomic E-state index is 11.0. The lowest BCUT2D eigenvalue weighted by Crippen LogP contribution is -2.57. The molecule has 0 bridgehead atoms. The predicted molar refractivity (Wildman–Crippen MR) is 94.3 cm³/mol. The van der Waals surface area contributed by atoms with Crippen molar-refractivity contribution < 1.29 is 15.3 Å². The second-order valence-electron chi connectivity index (χ2n) is 10.4. The van der Waals surface area contributed by atoms with E-state index in [4.69, 9.17) is 0 Å². The third-order valence-corrected chi connectivity index (χ3v) is 9.63. The Kier molecular flexibility index (Phi) is 3.92. The number of aliphatic hydroxyl groups excluding tert-OH is 2. The van der Waals surface area contributed by atoms with E-state index in [0.29, 0.717) is 17.8 Å². The van der Waals surface area contributed by atoms with Gasteiger partial charge in [0, 0.05) is 12.5 Å². The van der Waals surface area contributed by atoms with E-state index in [9.17, 15) is 15.3 Å². The molecule has 0 aromatic heterocycles. The summed E-state index contributed by atoms with van der Waals surface area (Å²) in [5.41, 5.74) is -0.149. The van der Waals surface area contributed by atoms with Gasteiger partial charge < -0.3 is 15.3 Å². The van der Waals surface area contributed by atoms with Crippen molar-refractivity contribution in [2.45, 2.75) is 83.8 Å². The Balaban J connectivity index is 1.63. The number of rotatable bonds is 1. The van der Waals surface area contributed by atoms with Gasteiger partial charge in [-0.3, -0.25) is 0 Å². The second kappa shape index (κ2) is 5.44. The molecule has 9 atom stereocenters. The molecule has 3 N–H and O–H groups in total. The molecule has 0 radical (unpaired) electrons. The predicted octanol–water partition coefficient (Wildman–Crippen LogP) is 3.36. The van der Waals surface area contributed by atoms with E-state index in [1.807, 2.05) is 0 Å². The molecule has 0 saturated heterocycles. The molecule has 0 aliphatic heterocycles. The van der Waals surface area contributed by atoms with Crippen LogP contribution in [0.15, 0.2) is 0 Å². The molecule has 4 fully saturated rings. The second-order valence-corrected chi connectivity index (χ2v) is 10.4. The molecule has 0 heterocycles. The molecule has 3 heteroatoms. The minimum Gasteiger partial charge on any atom is -0.396 e. The standard InChI is InChI=1S/C21H36O3/c1-19-11-13(12-22)18(23)10-14(19)4-5-15-16(19)6-8-20(2)17(15)7-9-21(20,3)24/h13-18,22-24H,4-12H2,1-3H3. The summed E-state index contributed by atoms with van der Waals surface area (Å²) in [4.78, 5) is 0. The van der Waals surface area contributed by atoms with Crippen LogP contribution in [0.25, 0.3) is 0 Å². The third-order valence-electron chi connectivity index (χ3n) is 9.63. The van der Waals surface area contributed by atoms with Gasteiger partial charge in [-0.05, 0) is 92.8 Å². The Labute approximate surface area is 146 Å². The quantitative estimate of drug-likeness (QED) is 0.688. The van der Waals surface area contributed by atoms with E-state index in [1.165, 1.54) is 25.7 Å². The Bertz CT molecular complexity index is 503. The van der Waals surface area contributed by atoms with Crippen molar-refractivity contribution in [2.75, 3.05) is 6.61 Å². The van der Waals surface area contributed by atoms with Crippen molar-refractivity contribution >= 4 is 0 Å². The lowest BCUT2D eigenvalue weighted by molar-refractivity contribution is -0.166. The molecule has 3 nitrogen and oxygen atoms in total. The van der Waals surface area contributed by atoms with Crippen LogP contribution in [-0.4, -0.2) is 33.6 Å². The van der Waals surface area contributed by atoms with E-state index in [2.05, 4.69) is 20.8 Å². The first kappa shape index (κ1) is 17.3. The molecule has 4 aliphatic rings. The van der Waals surface area contributed by atoms with E-state index < -0.39 is 5.60 Å². The molecule has 0 amide bonds. The van der Waals surface area contributed by atoms with Gasteiger partial charge in [-0.25, -0.2) is 0 Å². The minimum atomic E-state index is -0.503. The molecule has 4 saturated carbocycles. The SMILES string of the molecule is CC12CC(CO)C(O)CC1CCC1C2CCC2(C)C1CCC2(C)O. The summed E-state index contributed by atoms with van der Waals surface area (Å²) >= 11 is 0. The zero-order valence-electron chi connectivity index (χ0n) is 15.7. The van der Waals surface area contributed by atoms with E-state index in [1.54, 1.807) is 0 Å². The van der Waals surface area contributed by atoms with Crippen molar-refractivity contribution in [3.05, 3.63) is 0 Å². The van der Waals surface area contributed by atoms with Crippen LogP contribution in [0.2, 0.25) is 0 Å². The molecule has 4 rings (SSSR count). The van der Waals surface area contributed by atoms with Crippen LogP contribution >= 0.6 is 0 Å². The minimum absolute atomic E-state index is 0.0602. The zero-order valence-corrected chi connectivity index (χ0v) is 15.7. The summed E-state index contributed by atoms with van der Waals surface area (Å²) in [6.07, 6.45) is 8.54. The monoisotopic (exact) mass is 336 g/mol. The number of aliphatic hydroxyl groups is 3. The van der Waals surface area contributed by atoms with Gasteiger partial charge in [0.25, 0.3) is 0 Å². The van der Waals surface area contributed by atoms with Crippen LogP contribution in [0.3, 0.4) is 0 Å². The highest BCUT2D eigenvalue weighted by Crippen LogP contribution is 2.68. The Hall–Kier alpha value is -0.120. The molecule has 0 aromatic carbocycles. The van der Waals surface area contributed by atoms with Crippen LogP contribution in [0, 0.1) is 40.4 Å². The van der Waals surface area contributed by atoms with Gasteiger partial charge in [-0.15, -0.1) is 0 Å². The van der Waals surface area contributed by atoms with Crippen molar-refractivity contribution in [3.63, 3.8) is 0 Å². The van der Waals surface area contributed by atoms with Gasteiger partial charge in [0.15, 0.2) is 0 Å². The van der Waals surface area contributed by atoms with Gasteiger partial charge >= 0.3 is 0 Å². The number of hydrogen-bond acceptors (Lipinski definition) is 3. The normalized spacial score (nSPS) is 60.2. The van der Waals surface area contributed by atoms with Gasteiger partial charge in [0.2, 0.25) is 0 Å². The molecule has 138 valence electrons. The smallest absolute Gasteiger partial charge is 0.0675 e. The average molecular weight is 337 g/mol. The highest BCUT2D eigenvalue weighted by Gasteiger charge is 2.63. The van der Waals surface area contributed by atoms with Crippen molar-refractivity contribution in [1.82, 2.24) is 0 Å². The average Bonchev–Trinajstić information content (AvgIpc) is 2.77. The van der Waals surface area contributed by atoms with E-state index in [0.717, 1.165) is 31.6 Å². The molecular weight excluding hydrogens is 300 g/mol. The summed E-state index contributed by atoms with van der Waals surface area (Å²) in [5.74, 6) is 2.77. The molecule has 0 spiro atoms. The fourth-order valence-electron chi connectivity index (χ4n) is 7.85. The van der Waals surface area contributed by atoms with Gasteiger partial charge in [0.05, 0.1) is 11.7 Å². The first-order valence-corrected chi connectivity index (χ1v) is 10.2. The highest BCUT2D eigenvalue weighted by molar-refractivity contribution is 5.13. The zero-order chi connectivity index (χ0) is 17.3. The first-order valence-electron chi connectivity index (χ1n) is 10.2. The molecular formula is C21H36O3. The topological polar surface area (TPSA) is 60.7 Å². The summed E-state index contributed by atoms with van der Waals surface area (Å²) in [6.45, 7) is 6.99. The highest BCUT2D eigenvalue weighted by atomic mass is 16.3. The maximum Gasteiger partial charge on any atom is 0.0675 e. The van der Waals surface area contributed by atoms with Crippen LogP contribution in [0.1, 0.15) is 72.1 Å². The summed E-state index contributed by atoms with van der Waals surface area (Å²) in [7, 11) is 0. The lowest BCUT2D eigenvalue weighted by atomic mass is 9.43. The summed E-state index contributed by atoms with van der Waals surface area (Å²) in [5, 5.41) is 31.1. The fraction of sp³-hybridized carbons (Fsp3) is 1.00. The van der Waals surface area contributed by atoms with Crippen LogP contribution in [-0.2, 0) is 0 Å². The van der Waals surface area contributed by atoms with Crippen LogP contribution < -0.4 is 0 Å². The third kappa shape index (κ3) is 2.13. The Morgan fingerprint density at radius 3 is 2.38 bits per heavy atom. The van der Waals surface area contributed by atoms with Crippen LogP contribution in [0.5, 0.6) is 0 Å². The number of hydrogen-bond donors (Lipinski definition) is 3. The van der Waals surface area contributed by atoms with E-state index in [-0.39, 0.29) is 29.5 Å². The Morgan fingerprint density at radius 1 is 0.958 bits per heavy atom. The van der Waals surface area contributed by atoms with Gasteiger partial charge in [-0.2, -0.15) is 0 Å². The van der Waals surface area contributed by atoms with Gasteiger partial charge in [-0.1, -0.05) is 13.8 Å². The number of fused-ring (bicyclic) bond motifs is 5. The van der Waals surface area contributed by atoms with Crippen molar-refractivity contribution in [1.29, 1.82) is 0 Å². The largest absolute Gasteiger partial charge is 0.396 e. The molecule has 0 aromatic rings. The molecule has 9 unspecified atom stereocenters. The molecule has 24 heavy (non-hydrogen) atoms. The van der Waals surface area contributed by atoms with Gasteiger partial charge in [0.1, 0.15) is 0 Å². The van der Waals surface area contributed by atoms with Crippen molar-refractivity contribution in [2.24, 2.45) is 40.4 Å². The van der Waals surface area contributed by atoms with E-state index >= 15 is 0 Å². The lowest BCUT2D eigenvalue weighted by Gasteiger charge is -2.62. The molecule has 4 aliphatic carbocycles. The Morgan fingerprint density at radius 2 is 1.67 bits per heavy atom. The summed E-state index contributed by atoms with van der Waals surface area (Å²) in [6, 6.07) is 0. The fourth-order valence-corrected chi connectivity index (χ4v) is 7.85.